The molecule has 9 heteroatoms. The lowest BCUT2D eigenvalue weighted by atomic mass is 9.89. The molecule has 1 heterocycles. The third kappa shape index (κ3) is 6.12. The quantitative estimate of drug-likeness (QED) is 0.415. The summed E-state index contributed by atoms with van der Waals surface area (Å²) in [5.41, 5.74) is 4.18. The number of carboxylic acids is 1. The molecule has 196 valence electrons. The van der Waals surface area contributed by atoms with Crippen molar-refractivity contribution in [3.05, 3.63) is 89.2 Å². The number of hydrogen-bond acceptors (Lipinski definition) is 5. The Kier molecular flexibility index (Phi) is 7.97. The second-order valence-corrected chi connectivity index (χ2v) is 9.45. The van der Waals surface area contributed by atoms with Gasteiger partial charge in [0.15, 0.2) is 0 Å². The predicted octanol–water partition coefficient (Wildman–Crippen LogP) is 4.22. The number of hydrogen-bond donors (Lipinski definition) is 2. The molecular formula is C29H29FN4O4. The number of carbonyl (C=O) groups is 3. The first-order chi connectivity index (χ1) is 18.1. The summed E-state index contributed by atoms with van der Waals surface area (Å²) in [4.78, 5) is 44.8. The van der Waals surface area contributed by atoms with Crippen LogP contribution in [0.15, 0.2) is 71.7 Å². The van der Waals surface area contributed by atoms with Crippen molar-refractivity contribution < 1.29 is 23.9 Å². The van der Waals surface area contributed by atoms with Gasteiger partial charge < -0.3 is 20.2 Å². The van der Waals surface area contributed by atoms with Crippen LogP contribution in [-0.2, 0) is 20.8 Å². The fourth-order valence-electron chi connectivity index (χ4n) is 4.35. The van der Waals surface area contributed by atoms with Crippen molar-refractivity contribution in [1.82, 2.24) is 4.90 Å². The van der Waals surface area contributed by atoms with Gasteiger partial charge in [0.25, 0.3) is 0 Å². The van der Waals surface area contributed by atoms with Crippen LogP contribution in [0.2, 0.25) is 0 Å². The standard InChI is InChI=1S/C29H29FN4O4/c1-33(2)17-25(35)34(3)22-11-9-21(10-12-22)31-28(19-6-4-5-18(15-19)7-14-26(36)37)27-23-13-8-20(30)16-24(23)32-29(27)38/h4-6,8-13,15-16,27H,7,14,17H2,1-3H3,(H,32,38)(H,36,37). The predicted molar refractivity (Wildman–Crippen MR) is 145 cm³/mol. The second-order valence-electron chi connectivity index (χ2n) is 9.45. The van der Waals surface area contributed by atoms with Crippen LogP contribution in [0.4, 0.5) is 21.5 Å². The fourth-order valence-corrected chi connectivity index (χ4v) is 4.35. The van der Waals surface area contributed by atoms with Gasteiger partial charge in [0, 0.05) is 24.8 Å². The van der Waals surface area contributed by atoms with Crippen molar-refractivity contribution in [3.63, 3.8) is 0 Å². The normalized spacial score (nSPS) is 14.8. The Hall–Kier alpha value is -4.37. The van der Waals surface area contributed by atoms with Crippen LogP contribution in [0.3, 0.4) is 0 Å². The van der Waals surface area contributed by atoms with Gasteiger partial charge in [-0.15, -0.1) is 0 Å². The number of amides is 2. The van der Waals surface area contributed by atoms with Gasteiger partial charge in [-0.2, -0.15) is 0 Å². The molecule has 0 bridgehead atoms. The molecule has 0 saturated heterocycles. The number of rotatable bonds is 9. The molecule has 0 spiro atoms. The van der Waals surface area contributed by atoms with Gasteiger partial charge in [0.2, 0.25) is 11.8 Å². The van der Waals surface area contributed by atoms with E-state index in [2.05, 4.69) is 5.32 Å². The molecule has 2 N–H and O–H groups in total. The number of carbonyl (C=O) groups excluding carboxylic acids is 2. The molecule has 38 heavy (non-hydrogen) atoms. The minimum absolute atomic E-state index is 0.0243. The van der Waals surface area contributed by atoms with E-state index < -0.39 is 17.7 Å². The molecule has 3 aromatic carbocycles. The first-order valence-corrected chi connectivity index (χ1v) is 12.1. The topological polar surface area (TPSA) is 102 Å². The van der Waals surface area contributed by atoms with E-state index in [0.29, 0.717) is 40.3 Å². The Labute approximate surface area is 220 Å². The average molecular weight is 517 g/mol. The monoisotopic (exact) mass is 516 g/mol. The lowest BCUT2D eigenvalue weighted by Gasteiger charge is -2.20. The first-order valence-electron chi connectivity index (χ1n) is 12.1. The van der Waals surface area contributed by atoms with E-state index in [-0.39, 0.29) is 24.8 Å². The van der Waals surface area contributed by atoms with Crippen LogP contribution >= 0.6 is 0 Å². The van der Waals surface area contributed by atoms with E-state index in [1.54, 1.807) is 53.2 Å². The molecule has 0 fully saturated rings. The maximum absolute atomic E-state index is 13.9. The van der Waals surface area contributed by atoms with Crippen molar-refractivity contribution in [2.24, 2.45) is 4.99 Å². The summed E-state index contributed by atoms with van der Waals surface area (Å²) >= 11 is 0. The van der Waals surface area contributed by atoms with E-state index in [4.69, 9.17) is 10.1 Å². The lowest BCUT2D eigenvalue weighted by molar-refractivity contribution is -0.137. The van der Waals surface area contributed by atoms with Crippen LogP contribution in [0.1, 0.15) is 29.0 Å². The highest BCUT2D eigenvalue weighted by Gasteiger charge is 2.35. The largest absolute Gasteiger partial charge is 0.481 e. The van der Waals surface area contributed by atoms with Gasteiger partial charge in [0.1, 0.15) is 11.7 Å². The molecule has 1 aliphatic rings. The lowest BCUT2D eigenvalue weighted by Crippen LogP contribution is -2.34. The van der Waals surface area contributed by atoms with Gasteiger partial charge >= 0.3 is 5.97 Å². The number of nitrogens with zero attached hydrogens (tertiary/aromatic N) is 3. The third-order valence-electron chi connectivity index (χ3n) is 6.28. The number of aliphatic imine (C=N–C) groups is 1. The first kappa shape index (κ1) is 26.7. The smallest absolute Gasteiger partial charge is 0.303 e. The van der Waals surface area contributed by atoms with Crippen LogP contribution in [-0.4, -0.2) is 61.2 Å². The van der Waals surface area contributed by atoms with Crippen molar-refractivity contribution in [3.8, 4) is 0 Å². The number of aliphatic carboxylic acids is 1. The Morgan fingerprint density at radius 2 is 1.76 bits per heavy atom. The average Bonchev–Trinajstić information content (AvgIpc) is 3.20. The van der Waals surface area contributed by atoms with Crippen LogP contribution < -0.4 is 10.2 Å². The summed E-state index contributed by atoms with van der Waals surface area (Å²) in [6.07, 6.45) is 0.306. The molecule has 2 amide bonds. The number of benzene rings is 3. The van der Waals surface area contributed by atoms with E-state index in [1.165, 1.54) is 12.1 Å². The van der Waals surface area contributed by atoms with E-state index in [1.807, 2.05) is 32.3 Å². The Bertz CT molecular complexity index is 1400. The number of nitrogens with one attached hydrogen (secondary N) is 1. The summed E-state index contributed by atoms with van der Waals surface area (Å²) in [7, 11) is 5.36. The molecule has 0 radical (unpaired) electrons. The summed E-state index contributed by atoms with van der Waals surface area (Å²) < 4.78 is 13.9. The SMILES string of the molecule is CN(C)CC(=O)N(C)c1ccc(N=C(c2cccc(CCC(=O)O)c2)C2C(=O)Nc3cc(F)ccc32)cc1. The van der Waals surface area contributed by atoms with Crippen molar-refractivity contribution >= 4 is 40.6 Å². The van der Waals surface area contributed by atoms with Gasteiger partial charge in [-0.05, 0) is 79.7 Å². The highest BCUT2D eigenvalue weighted by molar-refractivity contribution is 6.24. The molecule has 4 rings (SSSR count). The minimum Gasteiger partial charge on any atom is -0.481 e. The molecular weight excluding hydrogens is 487 g/mol. The number of aryl methyl sites for hydroxylation is 1. The van der Waals surface area contributed by atoms with Gasteiger partial charge in [-0.1, -0.05) is 24.3 Å². The van der Waals surface area contributed by atoms with Gasteiger partial charge in [-0.3, -0.25) is 19.4 Å². The zero-order chi connectivity index (χ0) is 27.4. The highest BCUT2D eigenvalue weighted by Crippen LogP contribution is 2.37. The number of fused-ring (bicyclic) bond motifs is 1. The Morgan fingerprint density at radius 3 is 2.45 bits per heavy atom. The molecule has 1 atom stereocenters. The van der Waals surface area contributed by atoms with Crippen molar-refractivity contribution in [1.29, 1.82) is 0 Å². The van der Waals surface area contributed by atoms with Crippen molar-refractivity contribution in [2.45, 2.75) is 18.8 Å². The Balaban J connectivity index is 1.74. The van der Waals surface area contributed by atoms with E-state index >= 15 is 0 Å². The fraction of sp³-hybridized carbons (Fsp3) is 0.241. The van der Waals surface area contributed by atoms with E-state index in [9.17, 15) is 18.8 Å². The molecule has 3 aromatic rings. The van der Waals surface area contributed by atoms with Crippen LogP contribution in [0.5, 0.6) is 0 Å². The number of halogens is 1. The second kappa shape index (κ2) is 11.4. The number of carboxylic acid groups (broad SMARTS) is 1. The zero-order valence-electron chi connectivity index (χ0n) is 21.4. The van der Waals surface area contributed by atoms with Gasteiger partial charge in [0.05, 0.1) is 17.9 Å². The number of likely N-dealkylation sites (N-methyl/N-ethyl adjacent to an activating group) is 2. The van der Waals surface area contributed by atoms with Gasteiger partial charge in [-0.25, -0.2) is 4.39 Å². The number of anilines is 2. The Morgan fingerprint density at radius 1 is 1.03 bits per heavy atom. The summed E-state index contributed by atoms with van der Waals surface area (Å²) in [5, 5.41) is 11.8. The summed E-state index contributed by atoms with van der Waals surface area (Å²) in [6.45, 7) is 0.273. The third-order valence-corrected chi connectivity index (χ3v) is 6.28. The van der Waals surface area contributed by atoms with Crippen LogP contribution in [0, 0.1) is 5.82 Å². The van der Waals surface area contributed by atoms with Crippen LogP contribution in [0.25, 0.3) is 0 Å². The summed E-state index contributed by atoms with van der Waals surface area (Å²) in [6, 6.07) is 18.5. The molecule has 8 nitrogen and oxygen atoms in total. The minimum atomic E-state index is -0.899. The maximum Gasteiger partial charge on any atom is 0.303 e. The molecule has 0 saturated carbocycles. The van der Waals surface area contributed by atoms with E-state index in [0.717, 1.165) is 5.56 Å². The maximum atomic E-state index is 13.9. The molecule has 0 aliphatic carbocycles. The molecule has 1 unspecified atom stereocenters. The highest BCUT2D eigenvalue weighted by atomic mass is 19.1. The molecule has 0 aromatic heterocycles. The zero-order valence-corrected chi connectivity index (χ0v) is 21.4. The van der Waals surface area contributed by atoms with Crippen molar-refractivity contribution in [2.75, 3.05) is 37.9 Å². The summed E-state index contributed by atoms with van der Waals surface area (Å²) in [5.74, 6) is -2.53. The molecule has 1 aliphatic heterocycles.